The first-order valence-corrected chi connectivity index (χ1v) is 12.0. The lowest BCUT2D eigenvalue weighted by molar-refractivity contribution is 0.0472. The Labute approximate surface area is 201 Å². The summed E-state index contributed by atoms with van der Waals surface area (Å²) in [7, 11) is -3.80. The van der Waals surface area contributed by atoms with E-state index >= 15 is 0 Å². The number of esters is 1. The maximum atomic E-state index is 12.6. The molecule has 0 aliphatic rings. The average Bonchev–Trinajstić information content (AvgIpc) is 2.84. The van der Waals surface area contributed by atoms with Gasteiger partial charge in [-0.1, -0.05) is 42.5 Å². The number of fused-ring (bicyclic) bond motifs is 1. The van der Waals surface area contributed by atoms with Crippen LogP contribution < -0.4 is 5.14 Å². The number of aromatic carboxylic acids is 1. The molecule has 0 spiro atoms. The largest absolute Gasteiger partial charge is 0.507 e. The van der Waals surface area contributed by atoms with Crippen molar-refractivity contribution in [1.82, 2.24) is 0 Å². The zero-order valence-corrected chi connectivity index (χ0v) is 19.2. The molecule has 0 aliphatic heterocycles. The quantitative estimate of drug-likeness (QED) is 0.333. The summed E-state index contributed by atoms with van der Waals surface area (Å²) in [4.78, 5) is 23.6. The van der Waals surface area contributed by atoms with Gasteiger partial charge in [0.2, 0.25) is 10.0 Å². The Bertz CT molecular complexity index is 1530. The summed E-state index contributed by atoms with van der Waals surface area (Å²) in [6.45, 7) is -0.0693. The second-order valence-corrected chi connectivity index (χ2v) is 9.51. The molecule has 9 heteroatoms. The minimum Gasteiger partial charge on any atom is -0.507 e. The molecule has 8 nitrogen and oxygen atoms in total. The molecular formula is C26H21NO7S. The van der Waals surface area contributed by atoms with Gasteiger partial charge in [-0.05, 0) is 58.5 Å². The van der Waals surface area contributed by atoms with E-state index < -0.39 is 22.0 Å². The summed E-state index contributed by atoms with van der Waals surface area (Å²) in [5.41, 5.74) is 2.47. The molecule has 0 saturated heterocycles. The maximum absolute atomic E-state index is 12.6. The maximum Gasteiger partial charge on any atom is 0.338 e. The fraction of sp³-hybridized carbons (Fsp3) is 0.0769. The third kappa shape index (κ3) is 5.48. The highest BCUT2D eigenvalue weighted by Gasteiger charge is 2.14. The number of ether oxygens (including phenoxy) is 1. The summed E-state index contributed by atoms with van der Waals surface area (Å²) in [5, 5.41) is 26.2. The van der Waals surface area contributed by atoms with Gasteiger partial charge < -0.3 is 14.9 Å². The lowest BCUT2D eigenvalue weighted by atomic mass is 9.98. The third-order valence-electron chi connectivity index (χ3n) is 5.53. The van der Waals surface area contributed by atoms with Crippen LogP contribution in [-0.4, -0.2) is 30.6 Å². The molecule has 0 saturated carbocycles. The molecular weight excluding hydrogens is 470 g/mol. The Kier molecular flexibility index (Phi) is 6.54. The van der Waals surface area contributed by atoms with E-state index in [1.165, 1.54) is 36.4 Å². The van der Waals surface area contributed by atoms with Gasteiger partial charge in [0.1, 0.15) is 12.4 Å². The van der Waals surface area contributed by atoms with Crippen LogP contribution >= 0.6 is 0 Å². The number of carboxylic acids is 1. The van der Waals surface area contributed by atoms with Crippen LogP contribution in [0.2, 0.25) is 0 Å². The van der Waals surface area contributed by atoms with Gasteiger partial charge in [-0.25, -0.2) is 23.1 Å². The summed E-state index contributed by atoms with van der Waals surface area (Å²) < 4.78 is 28.0. The second kappa shape index (κ2) is 9.57. The standard InChI is InChI=1S/C26H21NO7S/c27-35(32,33)22-11-3-17(4-12-22)15-34-26(31)21-10-8-18-7-9-20(24(28)23(18)14-21)13-16-1-5-19(6-2-16)25(29)30/h1-12,14,28H,13,15H2,(H,29,30)(H2,27,32,33). The van der Waals surface area contributed by atoms with Crippen molar-refractivity contribution in [3.63, 3.8) is 0 Å². The topological polar surface area (TPSA) is 144 Å². The van der Waals surface area contributed by atoms with Crippen LogP contribution in [-0.2, 0) is 27.8 Å². The molecule has 0 aliphatic carbocycles. The van der Waals surface area contributed by atoms with Gasteiger partial charge >= 0.3 is 11.9 Å². The minimum absolute atomic E-state index is 0.0260. The number of aromatic hydroxyl groups is 1. The van der Waals surface area contributed by atoms with E-state index in [0.717, 1.165) is 10.9 Å². The van der Waals surface area contributed by atoms with Crippen molar-refractivity contribution in [2.24, 2.45) is 5.14 Å². The minimum atomic E-state index is -3.80. The van der Waals surface area contributed by atoms with Crippen LogP contribution in [0.1, 0.15) is 37.4 Å². The lowest BCUT2D eigenvalue weighted by Gasteiger charge is -2.11. The molecule has 178 valence electrons. The van der Waals surface area contributed by atoms with Crippen molar-refractivity contribution in [3.8, 4) is 5.75 Å². The molecule has 4 rings (SSSR count). The van der Waals surface area contributed by atoms with Crippen molar-refractivity contribution >= 4 is 32.7 Å². The van der Waals surface area contributed by atoms with Gasteiger partial charge in [0.15, 0.2) is 0 Å². The van der Waals surface area contributed by atoms with Crippen molar-refractivity contribution in [2.45, 2.75) is 17.9 Å². The number of hydrogen-bond donors (Lipinski definition) is 3. The van der Waals surface area contributed by atoms with Crippen molar-refractivity contribution < 1.29 is 33.0 Å². The first-order valence-electron chi connectivity index (χ1n) is 10.5. The highest BCUT2D eigenvalue weighted by molar-refractivity contribution is 7.89. The van der Waals surface area contributed by atoms with E-state index in [9.17, 15) is 23.1 Å². The highest BCUT2D eigenvalue weighted by atomic mass is 32.2. The third-order valence-corrected chi connectivity index (χ3v) is 6.46. The fourth-order valence-electron chi connectivity index (χ4n) is 3.61. The fourth-order valence-corrected chi connectivity index (χ4v) is 4.13. The number of primary sulfonamides is 1. The number of sulfonamides is 1. The Hall–Kier alpha value is -4.21. The van der Waals surface area contributed by atoms with Crippen LogP contribution in [0, 0.1) is 0 Å². The first kappa shape index (κ1) is 23.9. The monoisotopic (exact) mass is 491 g/mol. The second-order valence-electron chi connectivity index (χ2n) is 7.95. The molecule has 0 amide bonds. The van der Waals surface area contributed by atoms with Crippen LogP contribution in [0.15, 0.2) is 83.8 Å². The van der Waals surface area contributed by atoms with Crippen LogP contribution in [0.25, 0.3) is 10.8 Å². The lowest BCUT2D eigenvalue weighted by Crippen LogP contribution is -2.12. The Morgan fingerprint density at radius 3 is 2.06 bits per heavy atom. The molecule has 0 fully saturated rings. The molecule has 0 bridgehead atoms. The molecule has 0 radical (unpaired) electrons. The molecule has 0 heterocycles. The molecule has 0 atom stereocenters. The Morgan fingerprint density at radius 2 is 1.43 bits per heavy atom. The van der Waals surface area contributed by atoms with E-state index in [2.05, 4.69) is 0 Å². The van der Waals surface area contributed by atoms with E-state index in [0.29, 0.717) is 22.9 Å². The summed E-state index contributed by atoms with van der Waals surface area (Å²) >= 11 is 0. The van der Waals surface area contributed by atoms with Gasteiger partial charge in [0, 0.05) is 11.8 Å². The normalized spacial score (nSPS) is 11.3. The molecule has 4 N–H and O–H groups in total. The van der Waals surface area contributed by atoms with Gasteiger partial charge in [-0.2, -0.15) is 0 Å². The van der Waals surface area contributed by atoms with Gasteiger partial charge in [0.05, 0.1) is 16.0 Å². The molecule has 4 aromatic rings. The predicted octanol–water partition coefficient (Wildman–Crippen LogP) is 3.84. The van der Waals surface area contributed by atoms with E-state index in [-0.39, 0.29) is 28.4 Å². The zero-order chi connectivity index (χ0) is 25.2. The predicted molar refractivity (Wildman–Crippen MR) is 129 cm³/mol. The smallest absolute Gasteiger partial charge is 0.338 e. The molecule has 35 heavy (non-hydrogen) atoms. The van der Waals surface area contributed by atoms with E-state index in [4.69, 9.17) is 15.0 Å². The summed E-state index contributed by atoms with van der Waals surface area (Å²) in [6, 6.07) is 20.6. The van der Waals surface area contributed by atoms with E-state index in [1.54, 1.807) is 36.4 Å². The Balaban J connectivity index is 1.51. The van der Waals surface area contributed by atoms with Crippen molar-refractivity contribution in [3.05, 3.63) is 107 Å². The molecule has 0 aromatic heterocycles. The van der Waals surface area contributed by atoms with Gasteiger partial charge in [0.25, 0.3) is 0 Å². The SMILES string of the molecule is NS(=O)(=O)c1ccc(COC(=O)c2ccc3ccc(Cc4ccc(C(=O)O)cc4)c(O)c3c2)cc1. The number of carboxylic acid groups (broad SMARTS) is 1. The number of hydrogen-bond acceptors (Lipinski definition) is 6. The number of nitrogens with two attached hydrogens (primary N) is 1. The number of carbonyl (C=O) groups excluding carboxylic acids is 1. The Morgan fingerprint density at radius 1 is 0.829 bits per heavy atom. The van der Waals surface area contributed by atoms with Crippen LogP contribution in [0.3, 0.4) is 0 Å². The van der Waals surface area contributed by atoms with Crippen LogP contribution in [0.5, 0.6) is 5.75 Å². The number of rotatable bonds is 7. The highest BCUT2D eigenvalue weighted by Crippen LogP contribution is 2.31. The van der Waals surface area contributed by atoms with Gasteiger partial charge in [-0.15, -0.1) is 0 Å². The zero-order valence-electron chi connectivity index (χ0n) is 18.3. The van der Waals surface area contributed by atoms with Gasteiger partial charge in [-0.3, -0.25) is 0 Å². The van der Waals surface area contributed by atoms with Crippen molar-refractivity contribution in [1.29, 1.82) is 0 Å². The summed E-state index contributed by atoms with van der Waals surface area (Å²) in [6.07, 6.45) is 0.380. The first-order chi connectivity index (χ1) is 16.6. The number of carbonyl (C=O) groups is 2. The number of phenolic OH excluding ortho intramolecular Hbond substituents is 1. The number of benzene rings is 4. The van der Waals surface area contributed by atoms with Crippen LogP contribution in [0.4, 0.5) is 0 Å². The molecule has 4 aromatic carbocycles. The molecule has 0 unspecified atom stereocenters. The average molecular weight is 492 g/mol. The summed E-state index contributed by atoms with van der Waals surface area (Å²) in [5.74, 6) is -1.58. The van der Waals surface area contributed by atoms with Crippen molar-refractivity contribution in [2.75, 3.05) is 0 Å². The number of phenols is 1. The van der Waals surface area contributed by atoms with E-state index in [1.807, 2.05) is 6.07 Å².